The van der Waals surface area contributed by atoms with Gasteiger partial charge in [-0.25, -0.2) is 0 Å². The number of carbonyl (C=O) groups excluding carboxylic acids is 2. The molecule has 9 heteroatoms. The molecule has 1 heterocycles. The molecule has 136 valence electrons. The third-order valence-corrected chi connectivity index (χ3v) is 3.83. The van der Waals surface area contributed by atoms with Gasteiger partial charge in [-0.3, -0.25) is 24.5 Å². The molecule has 0 radical (unpaired) electrons. The standard InChI is InChI=1S/C17H18N4O5/c1-10-12(6-5-7-14(10)21(25)26)15(22)18-13-8-11(16(23)19(2)3)9-20(4)17(13)24/h5-9H,1-4H3,(H,18,22). The fraction of sp³-hybridized carbons (Fsp3) is 0.235. The maximum atomic E-state index is 12.5. The lowest BCUT2D eigenvalue weighted by molar-refractivity contribution is -0.385. The molecule has 2 amide bonds. The predicted molar refractivity (Wildman–Crippen MR) is 95.5 cm³/mol. The highest BCUT2D eigenvalue weighted by molar-refractivity contribution is 6.06. The number of benzene rings is 1. The van der Waals surface area contributed by atoms with Gasteiger partial charge in [0.05, 0.1) is 10.5 Å². The summed E-state index contributed by atoms with van der Waals surface area (Å²) in [6.07, 6.45) is 1.37. The van der Waals surface area contributed by atoms with E-state index in [1.165, 1.54) is 53.9 Å². The Morgan fingerprint density at radius 1 is 1.27 bits per heavy atom. The van der Waals surface area contributed by atoms with Crippen LogP contribution in [0.5, 0.6) is 0 Å². The van der Waals surface area contributed by atoms with Gasteiger partial charge in [0.25, 0.3) is 23.1 Å². The van der Waals surface area contributed by atoms with Crippen LogP contribution in [-0.2, 0) is 7.05 Å². The molecule has 26 heavy (non-hydrogen) atoms. The van der Waals surface area contributed by atoms with Gasteiger partial charge >= 0.3 is 0 Å². The molecule has 0 aliphatic rings. The third-order valence-electron chi connectivity index (χ3n) is 3.83. The number of nitro groups is 1. The van der Waals surface area contributed by atoms with Crippen LogP contribution in [0.4, 0.5) is 11.4 Å². The van der Waals surface area contributed by atoms with Gasteiger partial charge in [0.1, 0.15) is 5.69 Å². The SMILES string of the molecule is Cc1c(C(=O)Nc2cc(C(=O)N(C)C)cn(C)c2=O)cccc1[N+](=O)[O-]. The molecule has 9 nitrogen and oxygen atoms in total. The fourth-order valence-electron chi connectivity index (χ4n) is 2.43. The van der Waals surface area contributed by atoms with Crippen molar-refractivity contribution in [2.45, 2.75) is 6.92 Å². The number of carbonyl (C=O) groups is 2. The van der Waals surface area contributed by atoms with Crippen LogP contribution in [0.25, 0.3) is 0 Å². The summed E-state index contributed by atoms with van der Waals surface area (Å²) in [5.74, 6) is -1.000. The molecule has 1 aromatic heterocycles. The second-order valence-corrected chi connectivity index (χ2v) is 5.92. The monoisotopic (exact) mass is 358 g/mol. The van der Waals surface area contributed by atoms with Crippen LogP contribution in [0, 0.1) is 17.0 Å². The van der Waals surface area contributed by atoms with Crippen LogP contribution in [0.15, 0.2) is 35.3 Å². The molecule has 0 aliphatic heterocycles. The Morgan fingerprint density at radius 3 is 2.50 bits per heavy atom. The minimum absolute atomic E-state index is 0.0746. The van der Waals surface area contributed by atoms with Crippen molar-refractivity contribution < 1.29 is 14.5 Å². The lowest BCUT2D eigenvalue weighted by Crippen LogP contribution is -2.28. The number of nitro benzene ring substituents is 1. The number of hydrogen-bond donors (Lipinski definition) is 1. The van der Waals surface area contributed by atoms with Gasteiger partial charge in [-0.15, -0.1) is 0 Å². The van der Waals surface area contributed by atoms with Crippen molar-refractivity contribution in [2.75, 3.05) is 19.4 Å². The van der Waals surface area contributed by atoms with Crippen molar-refractivity contribution in [3.05, 3.63) is 67.6 Å². The summed E-state index contributed by atoms with van der Waals surface area (Å²) in [6.45, 7) is 1.46. The summed E-state index contributed by atoms with van der Waals surface area (Å²) in [7, 11) is 4.60. The molecule has 0 bridgehead atoms. The zero-order chi connectivity index (χ0) is 19.6. The van der Waals surface area contributed by atoms with E-state index in [0.29, 0.717) is 0 Å². The number of amides is 2. The van der Waals surface area contributed by atoms with Crippen LogP contribution in [-0.4, -0.2) is 40.3 Å². The van der Waals surface area contributed by atoms with E-state index in [2.05, 4.69) is 5.32 Å². The molecule has 2 rings (SSSR count). The molecule has 1 aromatic carbocycles. The molecule has 2 aromatic rings. The largest absolute Gasteiger partial charge is 0.345 e. The van der Waals surface area contributed by atoms with Crippen LogP contribution in [0.2, 0.25) is 0 Å². The first-order valence-electron chi connectivity index (χ1n) is 7.61. The number of aryl methyl sites for hydroxylation is 1. The van der Waals surface area contributed by atoms with Crippen molar-refractivity contribution in [2.24, 2.45) is 7.05 Å². The van der Waals surface area contributed by atoms with E-state index >= 15 is 0 Å². The van der Waals surface area contributed by atoms with Gasteiger partial charge in [0.15, 0.2) is 0 Å². The van der Waals surface area contributed by atoms with Crippen LogP contribution in [0.3, 0.4) is 0 Å². The Kier molecular flexibility index (Phi) is 5.20. The van der Waals surface area contributed by atoms with Crippen LogP contribution < -0.4 is 10.9 Å². The van der Waals surface area contributed by atoms with Gasteiger partial charge in [-0.2, -0.15) is 0 Å². The first kappa shape index (κ1) is 18.8. The second-order valence-electron chi connectivity index (χ2n) is 5.92. The van der Waals surface area contributed by atoms with Crippen LogP contribution >= 0.6 is 0 Å². The van der Waals surface area contributed by atoms with E-state index in [9.17, 15) is 24.5 Å². The topological polar surface area (TPSA) is 115 Å². The minimum atomic E-state index is -0.669. The lowest BCUT2D eigenvalue weighted by Gasteiger charge is -2.13. The van der Waals surface area contributed by atoms with Crippen molar-refractivity contribution >= 4 is 23.2 Å². The smallest absolute Gasteiger partial charge is 0.274 e. The van der Waals surface area contributed by atoms with Crippen molar-refractivity contribution in [1.82, 2.24) is 9.47 Å². The van der Waals surface area contributed by atoms with Gasteiger partial charge < -0.3 is 14.8 Å². The quantitative estimate of drug-likeness (QED) is 0.658. The Labute approximate surface area is 149 Å². The summed E-state index contributed by atoms with van der Waals surface area (Å²) in [4.78, 5) is 48.7. The van der Waals surface area contributed by atoms with Gasteiger partial charge in [0, 0.05) is 44.5 Å². The predicted octanol–water partition coefficient (Wildman–Crippen LogP) is 1.56. The van der Waals surface area contributed by atoms with Crippen molar-refractivity contribution in [1.29, 1.82) is 0 Å². The number of nitrogens with one attached hydrogen (secondary N) is 1. The second kappa shape index (κ2) is 7.18. The Morgan fingerprint density at radius 2 is 1.92 bits per heavy atom. The number of aromatic nitrogens is 1. The highest BCUT2D eigenvalue weighted by Crippen LogP contribution is 2.21. The van der Waals surface area contributed by atoms with E-state index in [1.54, 1.807) is 14.1 Å². The van der Waals surface area contributed by atoms with Crippen molar-refractivity contribution in [3.63, 3.8) is 0 Å². The van der Waals surface area contributed by atoms with Gasteiger partial charge in [-0.1, -0.05) is 6.07 Å². The van der Waals surface area contributed by atoms with E-state index in [4.69, 9.17) is 0 Å². The first-order chi connectivity index (χ1) is 12.1. The average Bonchev–Trinajstić information content (AvgIpc) is 2.57. The molecule has 0 fully saturated rings. The molecule has 0 saturated heterocycles. The van der Waals surface area contributed by atoms with E-state index in [0.717, 1.165) is 0 Å². The Hall–Kier alpha value is -3.49. The molecule has 0 saturated carbocycles. The number of hydrogen-bond acceptors (Lipinski definition) is 5. The Bertz CT molecular complexity index is 962. The Balaban J connectivity index is 2.44. The average molecular weight is 358 g/mol. The number of rotatable bonds is 4. The van der Waals surface area contributed by atoms with Gasteiger partial charge in [0.2, 0.25) is 0 Å². The summed E-state index contributed by atoms with van der Waals surface area (Å²) < 4.78 is 1.19. The molecule has 0 aliphatic carbocycles. The first-order valence-corrected chi connectivity index (χ1v) is 7.61. The maximum absolute atomic E-state index is 12.5. The minimum Gasteiger partial charge on any atom is -0.345 e. The molecule has 0 unspecified atom stereocenters. The van der Waals surface area contributed by atoms with E-state index in [1.807, 2.05) is 0 Å². The van der Waals surface area contributed by atoms with Crippen molar-refractivity contribution in [3.8, 4) is 0 Å². The summed E-state index contributed by atoms with van der Waals surface area (Å²) >= 11 is 0. The third kappa shape index (κ3) is 3.61. The van der Waals surface area contributed by atoms with E-state index in [-0.39, 0.29) is 34.0 Å². The maximum Gasteiger partial charge on any atom is 0.274 e. The lowest BCUT2D eigenvalue weighted by atomic mass is 10.1. The summed E-state index contributed by atoms with van der Waals surface area (Å²) in [5.41, 5.74) is -0.295. The number of nitrogens with zero attached hydrogens (tertiary/aromatic N) is 3. The highest BCUT2D eigenvalue weighted by atomic mass is 16.6. The highest BCUT2D eigenvalue weighted by Gasteiger charge is 2.20. The number of anilines is 1. The van der Waals surface area contributed by atoms with E-state index < -0.39 is 16.4 Å². The molecule has 0 spiro atoms. The zero-order valence-electron chi connectivity index (χ0n) is 14.8. The molecule has 0 atom stereocenters. The molecular formula is C17H18N4O5. The fourth-order valence-corrected chi connectivity index (χ4v) is 2.43. The van der Waals surface area contributed by atoms with Gasteiger partial charge in [-0.05, 0) is 19.1 Å². The molecule has 1 N–H and O–H groups in total. The van der Waals surface area contributed by atoms with Crippen LogP contribution in [0.1, 0.15) is 26.3 Å². The zero-order valence-corrected chi connectivity index (χ0v) is 14.8. The number of pyridine rings is 1. The summed E-state index contributed by atoms with van der Waals surface area (Å²) in [6, 6.07) is 5.40. The summed E-state index contributed by atoms with van der Waals surface area (Å²) in [5, 5.41) is 13.5. The molecular weight excluding hydrogens is 340 g/mol. The normalized spacial score (nSPS) is 10.3.